The number of allylic oxidation sites excluding steroid dienone is 1. The highest BCUT2D eigenvalue weighted by molar-refractivity contribution is 6.18. The maximum absolute atomic E-state index is 5.73. The number of hydrogen-bond acceptors (Lipinski definition) is 0. The Balaban J connectivity index is 2.82. The molecule has 0 heterocycles. The molecule has 0 aromatic heterocycles. The van der Waals surface area contributed by atoms with Crippen molar-refractivity contribution in [2.24, 2.45) is 0 Å². The van der Waals surface area contributed by atoms with Gasteiger partial charge in [0.1, 0.15) is 0 Å². The van der Waals surface area contributed by atoms with Crippen LogP contribution in [0.1, 0.15) is 11.5 Å². The lowest BCUT2D eigenvalue weighted by Crippen LogP contribution is -1.94. The first-order valence-corrected chi connectivity index (χ1v) is 4.15. The molecule has 0 radical (unpaired) electrons. The molecule has 1 atom stereocenters. The van der Waals surface area contributed by atoms with E-state index in [0.29, 0.717) is 5.88 Å². The van der Waals surface area contributed by atoms with Gasteiger partial charge >= 0.3 is 0 Å². The summed E-state index contributed by atoms with van der Waals surface area (Å²) in [5, 5.41) is 0. The quantitative estimate of drug-likeness (QED) is 0.478. The van der Waals surface area contributed by atoms with E-state index in [9.17, 15) is 0 Å². The molecule has 0 aliphatic carbocycles. The van der Waals surface area contributed by atoms with E-state index in [1.54, 1.807) is 0 Å². The molecule has 11 heavy (non-hydrogen) atoms. The van der Waals surface area contributed by atoms with E-state index in [1.807, 2.05) is 24.3 Å². The van der Waals surface area contributed by atoms with E-state index in [2.05, 4.69) is 18.7 Å². The first-order chi connectivity index (χ1) is 5.38. The summed E-state index contributed by atoms with van der Waals surface area (Å²) in [5.74, 6) is 0.894. The molecule has 0 amide bonds. The molecule has 1 unspecified atom stereocenters. The zero-order valence-electron chi connectivity index (χ0n) is 6.33. The molecule has 0 saturated heterocycles. The third-order valence-corrected chi connectivity index (χ3v) is 2.01. The van der Waals surface area contributed by atoms with Crippen molar-refractivity contribution in [2.75, 3.05) is 5.88 Å². The molecule has 0 spiro atoms. The summed E-state index contributed by atoms with van der Waals surface area (Å²) in [6, 6.07) is 10.2. The van der Waals surface area contributed by atoms with Gasteiger partial charge in [0.2, 0.25) is 0 Å². The Morgan fingerprint density at radius 1 is 1.36 bits per heavy atom. The lowest BCUT2D eigenvalue weighted by molar-refractivity contribution is 0.981. The van der Waals surface area contributed by atoms with Crippen molar-refractivity contribution in [3.8, 4) is 0 Å². The fraction of sp³-hybridized carbons (Fsp3) is 0.200. The molecule has 0 saturated carbocycles. The number of hydrogen-bond donors (Lipinski definition) is 0. The van der Waals surface area contributed by atoms with Gasteiger partial charge in [0, 0.05) is 11.8 Å². The van der Waals surface area contributed by atoms with Gasteiger partial charge in [0.25, 0.3) is 0 Å². The predicted molar refractivity (Wildman–Crippen MR) is 50.1 cm³/mol. The molecular weight excluding hydrogens is 156 g/mol. The smallest absolute Gasteiger partial charge is 0.0326 e. The van der Waals surface area contributed by atoms with Crippen LogP contribution in [0.25, 0.3) is 0 Å². The topological polar surface area (TPSA) is 0 Å². The molecule has 1 rings (SSSR count). The SMILES string of the molecule is C=CC(CCl)c1ccccc1. The van der Waals surface area contributed by atoms with Crippen molar-refractivity contribution < 1.29 is 0 Å². The molecule has 0 N–H and O–H groups in total. The van der Waals surface area contributed by atoms with Crippen LogP contribution in [0.4, 0.5) is 0 Å². The van der Waals surface area contributed by atoms with Crippen LogP contribution in [0.3, 0.4) is 0 Å². The summed E-state index contributed by atoms with van der Waals surface area (Å²) >= 11 is 5.73. The molecule has 0 bridgehead atoms. The molecular formula is C10H11Cl. The van der Waals surface area contributed by atoms with Gasteiger partial charge in [-0.05, 0) is 5.56 Å². The first kappa shape index (κ1) is 8.35. The van der Waals surface area contributed by atoms with Crippen molar-refractivity contribution in [2.45, 2.75) is 5.92 Å². The summed E-state index contributed by atoms with van der Waals surface area (Å²) in [6.45, 7) is 3.72. The van der Waals surface area contributed by atoms with Gasteiger partial charge in [-0.2, -0.15) is 0 Å². The van der Waals surface area contributed by atoms with E-state index < -0.39 is 0 Å². The summed E-state index contributed by atoms with van der Waals surface area (Å²) in [4.78, 5) is 0. The van der Waals surface area contributed by atoms with Gasteiger partial charge in [-0.15, -0.1) is 18.2 Å². The molecule has 1 aromatic carbocycles. The van der Waals surface area contributed by atoms with Crippen LogP contribution >= 0.6 is 11.6 Å². The van der Waals surface area contributed by atoms with Gasteiger partial charge in [-0.1, -0.05) is 36.4 Å². The minimum absolute atomic E-state index is 0.290. The van der Waals surface area contributed by atoms with E-state index in [1.165, 1.54) is 5.56 Å². The van der Waals surface area contributed by atoms with E-state index >= 15 is 0 Å². The summed E-state index contributed by atoms with van der Waals surface area (Å²) < 4.78 is 0. The predicted octanol–water partition coefficient (Wildman–Crippen LogP) is 3.20. The molecule has 1 heteroatoms. The van der Waals surface area contributed by atoms with Crippen LogP contribution in [0.15, 0.2) is 43.0 Å². The largest absolute Gasteiger partial charge is 0.126 e. The summed E-state index contributed by atoms with van der Waals surface area (Å²) in [7, 11) is 0. The van der Waals surface area contributed by atoms with Crippen LogP contribution < -0.4 is 0 Å². The summed E-state index contributed by atoms with van der Waals surface area (Å²) in [6.07, 6.45) is 1.88. The normalized spacial score (nSPS) is 12.5. The Kier molecular flexibility index (Phi) is 3.18. The molecule has 1 aromatic rings. The van der Waals surface area contributed by atoms with Crippen molar-refractivity contribution in [3.05, 3.63) is 48.6 Å². The second kappa shape index (κ2) is 4.20. The third-order valence-electron chi connectivity index (χ3n) is 1.68. The minimum Gasteiger partial charge on any atom is -0.126 e. The van der Waals surface area contributed by atoms with E-state index in [-0.39, 0.29) is 5.92 Å². The maximum atomic E-state index is 5.73. The highest BCUT2D eigenvalue weighted by Gasteiger charge is 2.02. The van der Waals surface area contributed by atoms with Crippen LogP contribution in [0.5, 0.6) is 0 Å². The fourth-order valence-electron chi connectivity index (χ4n) is 0.988. The first-order valence-electron chi connectivity index (χ1n) is 3.62. The van der Waals surface area contributed by atoms with Crippen LogP contribution in [0, 0.1) is 0 Å². The fourth-order valence-corrected chi connectivity index (χ4v) is 1.29. The number of halogens is 1. The van der Waals surface area contributed by atoms with E-state index in [0.717, 1.165) is 0 Å². The highest BCUT2D eigenvalue weighted by atomic mass is 35.5. The lowest BCUT2D eigenvalue weighted by atomic mass is 10.0. The average molecular weight is 167 g/mol. The van der Waals surface area contributed by atoms with Crippen molar-refractivity contribution in [1.29, 1.82) is 0 Å². The van der Waals surface area contributed by atoms with Gasteiger partial charge in [0.15, 0.2) is 0 Å². The second-order valence-electron chi connectivity index (χ2n) is 2.41. The highest BCUT2D eigenvalue weighted by Crippen LogP contribution is 2.17. The second-order valence-corrected chi connectivity index (χ2v) is 2.72. The Morgan fingerprint density at radius 2 is 2.00 bits per heavy atom. The van der Waals surface area contributed by atoms with Gasteiger partial charge < -0.3 is 0 Å². The minimum atomic E-state index is 0.290. The van der Waals surface area contributed by atoms with Crippen LogP contribution in [0.2, 0.25) is 0 Å². The third kappa shape index (κ3) is 2.09. The van der Waals surface area contributed by atoms with Crippen molar-refractivity contribution in [3.63, 3.8) is 0 Å². The Labute approximate surface area is 72.5 Å². The van der Waals surface area contributed by atoms with Crippen molar-refractivity contribution >= 4 is 11.6 Å². The zero-order chi connectivity index (χ0) is 8.10. The summed E-state index contributed by atoms with van der Waals surface area (Å²) in [5.41, 5.74) is 1.23. The molecule has 58 valence electrons. The van der Waals surface area contributed by atoms with E-state index in [4.69, 9.17) is 11.6 Å². The Bertz CT molecular complexity index is 216. The standard InChI is InChI=1S/C10H11Cl/c1-2-9(8-11)10-6-4-3-5-7-10/h2-7,9H,1,8H2. The molecule has 0 fully saturated rings. The van der Waals surface area contributed by atoms with Gasteiger partial charge in [-0.3, -0.25) is 0 Å². The van der Waals surface area contributed by atoms with Gasteiger partial charge in [0.05, 0.1) is 0 Å². The average Bonchev–Trinajstić information content (AvgIpc) is 2.09. The maximum Gasteiger partial charge on any atom is 0.0326 e. The number of alkyl halides is 1. The molecule has 0 aliphatic heterocycles. The Hall–Kier alpha value is -0.750. The Morgan fingerprint density at radius 3 is 2.45 bits per heavy atom. The lowest BCUT2D eigenvalue weighted by Gasteiger charge is -2.07. The number of benzene rings is 1. The van der Waals surface area contributed by atoms with Crippen LogP contribution in [-0.4, -0.2) is 5.88 Å². The van der Waals surface area contributed by atoms with Gasteiger partial charge in [-0.25, -0.2) is 0 Å². The monoisotopic (exact) mass is 166 g/mol. The van der Waals surface area contributed by atoms with Crippen molar-refractivity contribution in [1.82, 2.24) is 0 Å². The van der Waals surface area contributed by atoms with Crippen LogP contribution in [-0.2, 0) is 0 Å². The molecule has 0 aliphatic rings. The zero-order valence-corrected chi connectivity index (χ0v) is 7.09. The number of rotatable bonds is 3. The molecule has 0 nitrogen and oxygen atoms in total.